The van der Waals surface area contributed by atoms with E-state index in [0.717, 1.165) is 12.5 Å². The first-order valence-electron chi connectivity index (χ1n) is 8.06. The van der Waals surface area contributed by atoms with Crippen LogP contribution >= 0.6 is 11.3 Å². The highest BCUT2D eigenvalue weighted by atomic mass is 32.1. The highest BCUT2D eigenvalue weighted by Gasteiger charge is 2.18. The van der Waals surface area contributed by atoms with Crippen LogP contribution in [0.2, 0.25) is 0 Å². The average molecular weight is 282 g/mol. The summed E-state index contributed by atoms with van der Waals surface area (Å²) in [4.78, 5) is 0. The van der Waals surface area contributed by atoms with Gasteiger partial charge in [0.1, 0.15) is 0 Å². The van der Waals surface area contributed by atoms with E-state index >= 15 is 0 Å². The number of rotatable bonds is 11. The lowest BCUT2D eigenvalue weighted by molar-refractivity contribution is 0.303. The van der Waals surface area contributed by atoms with Crippen LogP contribution in [-0.2, 0) is 6.42 Å². The fraction of sp³-hybridized carbons (Fsp3) is 0.765. The van der Waals surface area contributed by atoms with Crippen LogP contribution in [0, 0.1) is 5.92 Å². The molecule has 1 aromatic heterocycles. The van der Waals surface area contributed by atoms with E-state index in [4.69, 9.17) is 0 Å². The molecule has 2 unspecified atom stereocenters. The van der Waals surface area contributed by atoms with Crippen molar-refractivity contribution in [1.82, 2.24) is 5.32 Å². The Morgan fingerprint density at radius 1 is 1.16 bits per heavy atom. The van der Waals surface area contributed by atoms with Gasteiger partial charge in [-0.25, -0.2) is 0 Å². The molecule has 1 heterocycles. The van der Waals surface area contributed by atoms with Gasteiger partial charge in [-0.15, -0.1) is 0 Å². The van der Waals surface area contributed by atoms with Gasteiger partial charge in [-0.3, -0.25) is 0 Å². The maximum absolute atomic E-state index is 3.80. The van der Waals surface area contributed by atoms with Crippen molar-refractivity contribution in [3.63, 3.8) is 0 Å². The monoisotopic (exact) mass is 281 g/mol. The molecule has 1 nitrogen and oxygen atoms in total. The second-order valence-corrected chi connectivity index (χ2v) is 6.32. The normalized spacial score (nSPS) is 14.5. The smallest absolute Gasteiger partial charge is 0.00983 e. The van der Waals surface area contributed by atoms with Crippen LogP contribution in [0.15, 0.2) is 16.8 Å². The molecule has 110 valence electrons. The third-order valence-corrected chi connectivity index (χ3v) is 4.73. The van der Waals surface area contributed by atoms with Gasteiger partial charge >= 0.3 is 0 Å². The van der Waals surface area contributed by atoms with Crippen LogP contribution in [0.5, 0.6) is 0 Å². The largest absolute Gasteiger partial charge is 0.314 e. The summed E-state index contributed by atoms with van der Waals surface area (Å²) in [5, 5.41) is 8.28. The van der Waals surface area contributed by atoms with Crippen LogP contribution in [-0.4, -0.2) is 12.6 Å². The highest BCUT2D eigenvalue weighted by Crippen LogP contribution is 2.21. The van der Waals surface area contributed by atoms with Crippen molar-refractivity contribution < 1.29 is 0 Å². The molecular formula is C17H31NS. The molecule has 2 atom stereocenters. The number of unbranched alkanes of at least 4 members (excludes halogenated alkanes) is 1. The minimum absolute atomic E-state index is 0.705. The molecule has 19 heavy (non-hydrogen) atoms. The lowest BCUT2D eigenvalue weighted by atomic mass is 9.88. The van der Waals surface area contributed by atoms with Crippen LogP contribution in [0.4, 0.5) is 0 Å². The fourth-order valence-corrected chi connectivity index (χ4v) is 3.45. The fourth-order valence-electron chi connectivity index (χ4n) is 2.75. The van der Waals surface area contributed by atoms with E-state index < -0.39 is 0 Å². The van der Waals surface area contributed by atoms with E-state index in [0.29, 0.717) is 6.04 Å². The summed E-state index contributed by atoms with van der Waals surface area (Å²) < 4.78 is 0. The van der Waals surface area contributed by atoms with Gasteiger partial charge in [-0.2, -0.15) is 11.3 Å². The molecule has 0 bridgehead atoms. The van der Waals surface area contributed by atoms with Crippen molar-refractivity contribution in [3.8, 4) is 0 Å². The van der Waals surface area contributed by atoms with Gasteiger partial charge in [0.25, 0.3) is 0 Å². The molecule has 1 rings (SSSR count). The molecule has 0 saturated carbocycles. The lowest BCUT2D eigenvalue weighted by Gasteiger charge is -2.27. The first kappa shape index (κ1) is 16.7. The Hall–Kier alpha value is -0.340. The number of aryl methyl sites for hydroxylation is 1. The van der Waals surface area contributed by atoms with E-state index in [9.17, 15) is 0 Å². The summed E-state index contributed by atoms with van der Waals surface area (Å²) in [5.41, 5.74) is 1.51. The molecule has 0 aromatic carbocycles. The third kappa shape index (κ3) is 6.58. The highest BCUT2D eigenvalue weighted by molar-refractivity contribution is 7.07. The molecular weight excluding hydrogens is 250 g/mol. The molecule has 0 saturated heterocycles. The lowest BCUT2D eigenvalue weighted by Crippen LogP contribution is -2.37. The predicted molar refractivity (Wildman–Crippen MR) is 88.0 cm³/mol. The second-order valence-electron chi connectivity index (χ2n) is 5.54. The Balaban J connectivity index is 2.47. The van der Waals surface area contributed by atoms with Crippen molar-refractivity contribution in [2.75, 3.05) is 6.54 Å². The van der Waals surface area contributed by atoms with E-state index in [-0.39, 0.29) is 0 Å². The summed E-state index contributed by atoms with van der Waals surface area (Å²) in [6.07, 6.45) is 9.15. The van der Waals surface area contributed by atoms with Gasteiger partial charge in [0.2, 0.25) is 0 Å². The van der Waals surface area contributed by atoms with Crippen molar-refractivity contribution in [1.29, 1.82) is 0 Å². The molecule has 0 radical (unpaired) electrons. The Bertz CT molecular complexity index is 294. The van der Waals surface area contributed by atoms with E-state index in [1.165, 1.54) is 50.5 Å². The number of hydrogen-bond acceptors (Lipinski definition) is 2. The molecule has 1 N–H and O–H groups in total. The molecule has 0 amide bonds. The predicted octanol–water partition coefficient (Wildman–Crippen LogP) is 5.27. The molecule has 0 aliphatic carbocycles. The Kier molecular flexibility index (Phi) is 9.19. The summed E-state index contributed by atoms with van der Waals surface area (Å²) in [7, 11) is 0. The Morgan fingerprint density at radius 3 is 2.58 bits per heavy atom. The third-order valence-electron chi connectivity index (χ3n) is 4.00. The topological polar surface area (TPSA) is 12.0 Å². The number of thiophene rings is 1. The minimum Gasteiger partial charge on any atom is -0.314 e. The average Bonchev–Trinajstić information content (AvgIpc) is 2.94. The number of hydrogen-bond donors (Lipinski definition) is 1. The Morgan fingerprint density at radius 2 is 2.00 bits per heavy atom. The number of nitrogens with one attached hydrogen (secondary N) is 1. The summed E-state index contributed by atoms with van der Waals surface area (Å²) >= 11 is 1.82. The summed E-state index contributed by atoms with van der Waals surface area (Å²) in [5.74, 6) is 0.852. The molecule has 0 fully saturated rings. The zero-order chi connectivity index (χ0) is 13.9. The first-order chi connectivity index (χ1) is 9.31. The summed E-state index contributed by atoms with van der Waals surface area (Å²) in [6, 6.07) is 2.98. The standard InChI is InChI=1S/C17H31NS/c1-4-7-8-16(6-3)17(18-12-5-2)10-9-15-11-13-19-14-15/h11,13-14,16-18H,4-10,12H2,1-3H3. The summed E-state index contributed by atoms with van der Waals surface area (Å²) in [6.45, 7) is 8.07. The van der Waals surface area contributed by atoms with Crippen molar-refractivity contribution in [3.05, 3.63) is 22.4 Å². The van der Waals surface area contributed by atoms with Gasteiger partial charge in [-0.05, 0) is 60.5 Å². The van der Waals surface area contributed by atoms with E-state index in [2.05, 4.69) is 42.9 Å². The SMILES string of the molecule is CCCCC(CC)C(CCc1ccsc1)NCCC. The van der Waals surface area contributed by atoms with Crippen LogP contribution in [0.1, 0.15) is 64.9 Å². The van der Waals surface area contributed by atoms with E-state index in [1.54, 1.807) is 0 Å². The molecule has 0 aliphatic rings. The van der Waals surface area contributed by atoms with Crippen LogP contribution in [0.3, 0.4) is 0 Å². The first-order valence-corrected chi connectivity index (χ1v) is 9.00. The van der Waals surface area contributed by atoms with Crippen LogP contribution in [0.25, 0.3) is 0 Å². The van der Waals surface area contributed by atoms with Gasteiger partial charge in [0.15, 0.2) is 0 Å². The van der Waals surface area contributed by atoms with Crippen molar-refractivity contribution in [2.45, 2.75) is 71.8 Å². The molecule has 2 heteroatoms. The molecule has 1 aromatic rings. The Labute approximate surface area is 123 Å². The van der Waals surface area contributed by atoms with Gasteiger partial charge in [0, 0.05) is 6.04 Å². The molecule has 0 spiro atoms. The zero-order valence-electron chi connectivity index (χ0n) is 13.0. The van der Waals surface area contributed by atoms with E-state index in [1.807, 2.05) is 11.3 Å². The van der Waals surface area contributed by atoms with Crippen molar-refractivity contribution in [2.24, 2.45) is 5.92 Å². The maximum Gasteiger partial charge on any atom is 0.00983 e. The van der Waals surface area contributed by atoms with Gasteiger partial charge in [-0.1, -0.05) is 40.0 Å². The second kappa shape index (κ2) is 10.4. The zero-order valence-corrected chi connectivity index (χ0v) is 13.8. The van der Waals surface area contributed by atoms with Crippen molar-refractivity contribution >= 4 is 11.3 Å². The minimum atomic E-state index is 0.705. The van der Waals surface area contributed by atoms with Crippen LogP contribution < -0.4 is 5.32 Å². The van der Waals surface area contributed by atoms with Gasteiger partial charge in [0.05, 0.1) is 0 Å². The molecule has 0 aliphatic heterocycles. The maximum atomic E-state index is 3.80. The van der Waals surface area contributed by atoms with Gasteiger partial charge < -0.3 is 5.32 Å². The quantitative estimate of drug-likeness (QED) is 0.583.